The number of urea groups is 1. The second-order valence-electron chi connectivity index (χ2n) is 6.57. The fraction of sp³-hybridized carbons (Fsp3) is 0.500. The molecule has 3 rings (SSSR count). The van der Waals surface area contributed by atoms with Crippen molar-refractivity contribution in [2.75, 3.05) is 52.9 Å². The van der Waals surface area contributed by atoms with Crippen LogP contribution < -0.4 is 10.6 Å². The van der Waals surface area contributed by atoms with Crippen LogP contribution in [-0.2, 0) is 11.3 Å². The van der Waals surface area contributed by atoms with Gasteiger partial charge in [-0.2, -0.15) is 0 Å². The van der Waals surface area contributed by atoms with Gasteiger partial charge in [0.15, 0.2) is 5.96 Å². The highest BCUT2D eigenvalue weighted by Gasteiger charge is 2.28. The Balaban J connectivity index is 1.42. The van der Waals surface area contributed by atoms with E-state index in [4.69, 9.17) is 11.6 Å². The molecule has 1 aromatic rings. The molecule has 2 fully saturated rings. The third-order valence-corrected chi connectivity index (χ3v) is 5.01. The van der Waals surface area contributed by atoms with Crippen LogP contribution in [0, 0.1) is 0 Å². The number of benzene rings is 1. The summed E-state index contributed by atoms with van der Waals surface area (Å²) in [5.74, 6) is 0.612. The van der Waals surface area contributed by atoms with Gasteiger partial charge in [-0.3, -0.25) is 19.6 Å². The lowest BCUT2D eigenvalue weighted by Crippen LogP contribution is -2.53. The van der Waals surface area contributed by atoms with E-state index in [1.54, 1.807) is 7.05 Å². The molecule has 0 saturated carbocycles. The first-order valence-corrected chi connectivity index (χ1v) is 9.45. The number of hydrogen-bond acceptors (Lipinski definition) is 4. The Kier molecular flexibility index (Phi) is 6.52. The van der Waals surface area contributed by atoms with Crippen molar-refractivity contribution in [3.8, 4) is 0 Å². The largest absolute Gasteiger partial charge is 0.354 e. The van der Waals surface area contributed by atoms with Gasteiger partial charge in [0.2, 0.25) is 5.91 Å². The van der Waals surface area contributed by atoms with Gasteiger partial charge in [-0.25, -0.2) is 4.79 Å². The van der Waals surface area contributed by atoms with Crippen molar-refractivity contribution in [1.29, 1.82) is 0 Å². The minimum atomic E-state index is -0.326. The first-order valence-electron chi connectivity index (χ1n) is 9.07. The zero-order valence-electron chi connectivity index (χ0n) is 15.4. The average molecular weight is 393 g/mol. The smallest absolute Gasteiger partial charge is 0.324 e. The first kappa shape index (κ1) is 19.4. The molecular formula is C18H25ClN6O2. The maximum atomic E-state index is 11.6. The van der Waals surface area contributed by atoms with Crippen LogP contribution in [0.5, 0.6) is 0 Å². The van der Waals surface area contributed by atoms with E-state index in [-0.39, 0.29) is 18.5 Å². The molecule has 2 heterocycles. The van der Waals surface area contributed by atoms with Crippen molar-refractivity contribution < 1.29 is 9.59 Å². The minimum absolute atomic E-state index is 0.0864. The molecule has 2 saturated heterocycles. The summed E-state index contributed by atoms with van der Waals surface area (Å²) in [6.45, 7) is 5.43. The summed E-state index contributed by atoms with van der Waals surface area (Å²) in [6, 6.07) is 7.64. The summed E-state index contributed by atoms with van der Waals surface area (Å²) in [5, 5.41) is 6.52. The molecule has 2 aliphatic heterocycles. The van der Waals surface area contributed by atoms with Crippen LogP contribution in [0.3, 0.4) is 0 Å². The van der Waals surface area contributed by atoms with Gasteiger partial charge in [0.05, 0.1) is 6.54 Å². The quantitative estimate of drug-likeness (QED) is 0.435. The maximum absolute atomic E-state index is 11.6. The van der Waals surface area contributed by atoms with E-state index in [0.29, 0.717) is 13.1 Å². The monoisotopic (exact) mass is 392 g/mol. The van der Waals surface area contributed by atoms with E-state index >= 15 is 0 Å². The van der Waals surface area contributed by atoms with Crippen LogP contribution in [-0.4, -0.2) is 85.5 Å². The van der Waals surface area contributed by atoms with Gasteiger partial charge in [0.1, 0.15) is 0 Å². The van der Waals surface area contributed by atoms with Crippen LogP contribution in [0.25, 0.3) is 0 Å². The highest BCUT2D eigenvalue weighted by Crippen LogP contribution is 2.13. The molecule has 0 aromatic heterocycles. The molecule has 0 spiro atoms. The number of nitrogens with one attached hydrogen (secondary N) is 2. The zero-order chi connectivity index (χ0) is 19.2. The van der Waals surface area contributed by atoms with Gasteiger partial charge in [-0.15, -0.1) is 0 Å². The third-order valence-electron chi connectivity index (χ3n) is 4.76. The molecule has 0 aliphatic carbocycles. The number of rotatable bonds is 5. The SMILES string of the molecule is CN=C(NCCN1C(=O)CNC1=O)N1CCN(Cc2ccc(Cl)cc2)CC1. The average Bonchev–Trinajstić information content (AvgIpc) is 3.00. The minimum Gasteiger partial charge on any atom is -0.354 e. The van der Waals surface area contributed by atoms with Crippen LogP contribution in [0.4, 0.5) is 4.79 Å². The molecule has 8 nitrogen and oxygen atoms in total. The van der Waals surface area contributed by atoms with Crippen molar-refractivity contribution >= 4 is 29.5 Å². The Morgan fingerprint density at radius 3 is 2.48 bits per heavy atom. The summed E-state index contributed by atoms with van der Waals surface area (Å²) < 4.78 is 0. The molecule has 27 heavy (non-hydrogen) atoms. The molecule has 2 N–H and O–H groups in total. The highest BCUT2D eigenvalue weighted by molar-refractivity contribution is 6.30. The molecule has 3 amide bonds. The van der Waals surface area contributed by atoms with Gasteiger partial charge in [0, 0.05) is 57.9 Å². The lowest BCUT2D eigenvalue weighted by atomic mass is 10.2. The van der Waals surface area contributed by atoms with Gasteiger partial charge in [-0.05, 0) is 17.7 Å². The van der Waals surface area contributed by atoms with Crippen molar-refractivity contribution in [1.82, 2.24) is 25.3 Å². The van der Waals surface area contributed by atoms with E-state index < -0.39 is 0 Å². The molecule has 1 aromatic carbocycles. The summed E-state index contributed by atoms with van der Waals surface area (Å²) in [4.78, 5) is 33.3. The second kappa shape index (κ2) is 9.05. The van der Waals surface area contributed by atoms with Crippen molar-refractivity contribution in [2.45, 2.75) is 6.54 Å². The molecule has 2 aliphatic rings. The Hall–Kier alpha value is -2.32. The van der Waals surface area contributed by atoms with Crippen LogP contribution in [0.2, 0.25) is 5.02 Å². The third kappa shape index (κ3) is 5.11. The number of hydrogen-bond donors (Lipinski definition) is 2. The maximum Gasteiger partial charge on any atom is 0.324 e. The second-order valence-corrected chi connectivity index (χ2v) is 7.00. The molecule has 0 unspecified atom stereocenters. The van der Waals surface area contributed by atoms with Gasteiger partial charge in [0.25, 0.3) is 0 Å². The van der Waals surface area contributed by atoms with Crippen molar-refractivity contribution in [2.24, 2.45) is 4.99 Å². The number of amides is 3. The predicted octanol–water partition coefficient (Wildman–Crippen LogP) is 0.585. The highest BCUT2D eigenvalue weighted by atomic mass is 35.5. The fourth-order valence-corrected chi connectivity index (χ4v) is 3.39. The Morgan fingerprint density at radius 1 is 1.19 bits per heavy atom. The Bertz CT molecular complexity index is 684. The summed E-state index contributed by atoms with van der Waals surface area (Å²) in [6.07, 6.45) is 0. The topological polar surface area (TPSA) is 80.3 Å². The summed E-state index contributed by atoms with van der Waals surface area (Å²) in [5.41, 5.74) is 1.25. The van der Waals surface area contributed by atoms with Crippen LogP contribution >= 0.6 is 11.6 Å². The first-order chi connectivity index (χ1) is 13.1. The standard InChI is InChI=1S/C18H25ClN6O2/c1-20-17(21-6-7-25-16(26)12-22-18(25)27)24-10-8-23(9-11-24)13-14-2-4-15(19)5-3-14/h2-5H,6-13H2,1H3,(H,20,21)(H,22,27). The van der Waals surface area contributed by atoms with Crippen molar-refractivity contribution in [3.63, 3.8) is 0 Å². The van der Waals surface area contributed by atoms with Gasteiger partial charge >= 0.3 is 6.03 Å². The zero-order valence-corrected chi connectivity index (χ0v) is 16.2. The van der Waals surface area contributed by atoms with E-state index in [0.717, 1.165) is 43.7 Å². The normalized spacial score (nSPS) is 18.8. The number of carbonyl (C=O) groups excluding carboxylic acids is 2. The molecule has 146 valence electrons. The van der Waals surface area contributed by atoms with E-state index in [2.05, 4.69) is 37.6 Å². The van der Waals surface area contributed by atoms with Gasteiger partial charge in [-0.1, -0.05) is 23.7 Å². The molecule has 0 atom stereocenters. The van der Waals surface area contributed by atoms with E-state index in [1.807, 2.05) is 12.1 Å². The van der Waals surface area contributed by atoms with E-state index in [1.165, 1.54) is 10.5 Å². The lowest BCUT2D eigenvalue weighted by molar-refractivity contribution is -0.124. The lowest BCUT2D eigenvalue weighted by Gasteiger charge is -2.36. The number of nitrogens with zero attached hydrogens (tertiary/aromatic N) is 4. The number of imide groups is 1. The van der Waals surface area contributed by atoms with Gasteiger partial charge < -0.3 is 15.5 Å². The van der Waals surface area contributed by atoms with Crippen LogP contribution in [0.1, 0.15) is 5.56 Å². The molecule has 0 bridgehead atoms. The number of guanidine groups is 1. The molecule has 9 heteroatoms. The number of halogens is 1. The van der Waals surface area contributed by atoms with Crippen molar-refractivity contribution in [3.05, 3.63) is 34.9 Å². The summed E-state index contributed by atoms with van der Waals surface area (Å²) in [7, 11) is 1.75. The number of aliphatic imine (C=N–C) groups is 1. The number of carbonyl (C=O) groups is 2. The molecular weight excluding hydrogens is 368 g/mol. The fourth-order valence-electron chi connectivity index (χ4n) is 3.26. The molecule has 0 radical (unpaired) electrons. The van der Waals surface area contributed by atoms with Crippen LogP contribution in [0.15, 0.2) is 29.3 Å². The summed E-state index contributed by atoms with van der Waals surface area (Å²) >= 11 is 5.94. The Labute approximate surface area is 164 Å². The number of piperazine rings is 1. The predicted molar refractivity (Wildman–Crippen MR) is 105 cm³/mol. The Morgan fingerprint density at radius 2 is 1.89 bits per heavy atom. The van der Waals surface area contributed by atoms with E-state index in [9.17, 15) is 9.59 Å².